The Morgan fingerprint density at radius 2 is 2.09 bits per heavy atom. The summed E-state index contributed by atoms with van der Waals surface area (Å²) in [6.07, 6.45) is 7.23. The van der Waals surface area contributed by atoms with Crippen molar-refractivity contribution in [2.75, 3.05) is 5.73 Å². The van der Waals surface area contributed by atoms with E-state index in [4.69, 9.17) is 10.5 Å². The number of esters is 1. The highest BCUT2D eigenvalue weighted by Crippen LogP contribution is 2.42. The van der Waals surface area contributed by atoms with Crippen molar-refractivity contribution in [3.05, 3.63) is 24.0 Å². The first-order valence-electron chi connectivity index (χ1n) is 8.16. The summed E-state index contributed by atoms with van der Waals surface area (Å²) in [7, 11) is 0. The van der Waals surface area contributed by atoms with Crippen LogP contribution in [0, 0.1) is 11.8 Å². The lowest BCUT2D eigenvalue weighted by Crippen LogP contribution is -2.28. The van der Waals surface area contributed by atoms with Crippen LogP contribution in [0.4, 0.5) is 5.69 Å². The van der Waals surface area contributed by atoms with Gasteiger partial charge in [0.2, 0.25) is 0 Å². The molecular weight excluding hydrogens is 276 g/mol. The molecule has 2 rings (SSSR count). The Morgan fingerprint density at radius 1 is 1.36 bits per heavy atom. The van der Waals surface area contributed by atoms with Crippen molar-refractivity contribution in [3.63, 3.8) is 0 Å². The Morgan fingerprint density at radius 3 is 2.73 bits per heavy atom. The van der Waals surface area contributed by atoms with E-state index in [2.05, 4.69) is 11.9 Å². The minimum absolute atomic E-state index is 0.0898. The molecule has 22 heavy (non-hydrogen) atoms. The number of nitrogens with zero attached hydrogens (tertiary/aromatic N) is 1. The van der Waals surface area contributed by atoms with Gasteiger partial charge in [0.05, 0.1) is 11.9 Å². The van der Waals surface area contributed by atoms with E-state index >= 15 is 0 Å². The highest BCUT2D eigenvalue weighted by atomic mass is 16.6. The maximum absolute atomic E-state index is 12.1. The number of anilines is 1. The zero-order valence-corrected chi connectivity index (χ0v) is 14.1. The minimum Gasteiger partial charge on any atom is -0.460 e. The summed E-state index contributed by atoms with van der Waals surface area (Å²) < 4.78 is 5.47. The summed E-state index contributed by atoms with van der Waals surface area (Å²) >= 11 is 0. The number of hydrogen-bond acceptors (Lipinski definition) is 4. The fraction of sp³-hybridized carbons (Fsp3) is 0.667. The maximum atomic E-state index is 12.1. The molecule has 1 aromatic heterocycles. The van der Waals surface area contributed by atoms with Gasteiger partial charge < -0.3 is 10.5 Å². The van der Waals surface area contributed by atoms with E-state index in [0.29, 0.717) is 24.2 Å². The van der Waals surface area contributed by atoms with Gasteiger partial charge in [-0.25, -0.2) is 0 Å². The molecule has 0 amide bonds. The summed E-state index contributed by atoms with van der Waals surface area (Å²) in [4.78, 5) is 16.2. The smallest absolute Gasteiger partial charge is 0.306 e. The first kappa shape index (κ1) is 16.8. The van der Waals surface area contributed by atoms with Crippen molar-refractivity contribution >= 4 is 11.7 Å². The molecule has 1 aliphatic carbocycles. The van der Waals surface area contributed by atoms with Crippen LogP contribution in [0.25, 0.3) is 0 Å². The van der Waals surface area contributed by atoms with Gasteiger partial charge in [0, 0.05) is 12.6 Å². The van der Waals surface area contributed by atoms with Crippen LogP contribution < -0.4 is 5.73 Å². The molecule has 0 radical (unpaired) electrons. The van der Waals surface area contributed by atoms with Crippen LogP contribution in [0.2, 0.25) is 0 Å². The normalized spacial score (nSPS) is 25.7. The summed E-state index contributed by atoms with van der Waals surface area (Å²) in [5.74, 6) is 1.29. The van der Waals surface area contributed by atoms with E-state index < -0.39 is 5.60 Å². The van der Waals surface area contributed by atoms with Gasteiger partial charge in [-0.15, -0.1) is 0 Å². The van der Waals surface area contributed by atoms with Gasteiger partial charge in [-0.3, -0.25) is 9.78 Å². The van der Waals surface area contributed by atoms with Crippen LogP contribution in [0.3, 0.4) is 0 Å². The van der Waals surface area contributed by atoms with Crippen LogP contribution in [0.5, 0.6) is 0 Å². The van der Waals surface area contributed by atoms with Gasteiger partial charge in [0.25, 0.3) is 0 Å². The fourth-order valence-corrected chi connectivity index (χ4v) is 3.57. The molecule has 1 heterocycles. The molecule has 1 saturated carbocycles. The lowest BCUT2D eigenvalue weighted by Gasteiger charge is -2.34. The van der Waals surface area contributed by atoms with Crippen LogP contribution in [-0.4, -0.2) is 16.6 Å². The molecule has 2 N–H and O–H groups in total. The lowest BCUT2D eigenvalue weighted by atomic mass is 9.72. The van der Waals surface area contributed by atoms with E-state index in [9.17, 15) is 4.79 Å². The number of aromatic nitrogens is 1. The zero-order chi connectivity index (χ0) is 16.3. The van der Waals surface area contributed by atoms with Gasteiger partial charge in [0.1, 0.15) is 5.60 Å². The second-order valence-electron chi connectivity index (χ2n) is 7.67. The number of pyridine rings is 1. The quantitative estimate of drug-likeness (QED) is 0.860. The second-order valence-corrected chi connectivity index (χ2v) is 7.67. The first-order chi connectivity index (χ1) is 10.2. The Kier molecular flexibility index (Phi) is 5.09. The van der Waals surface area contributed by atoms with Crippen molar-refractivity contribution in [1.82, 2.24) is 4.98 Å². The SMILES string of the molecule is C[C@H]1CC(c2ccncc2N)C[C@@H](CC(=O)OC(C)(C)C)C1. The average molecular weight is 304 g/mol. The summed E-state index contributed by atoms with van der Waals surface area (Å²) in [6, 6.07) is 2.02. The van der Waals surface area contributed by atoms with E-state index in [0.717, 1.165) is 24.9 Å². The molecule has 1 aromatic rings. The number of ether oxygens (including phenoxy) is 1. The molecule has 0 aromatic carbocycles. The summed E-state index contributed by atoms with van der Waals surface area (Å²) in [5, 5.41) is 0. The standard InChI is InChI=1S/C18H28N2O2/c1-12-7-13(10-17(21)22-18(2,3)4)9-14(8-12)15-5-6-20-11-16(15)19/h5-6,11-14H,7-10,19H2,1-4H3/t12-,13+,14?/m1/s1. The van der Waals surface area contributed by atoms with Crippen molar-refractivity contribution in [3.8, 4) is 0 Å². The third kappa shape index (κ3) is 4.72. The van der Waals surface area contributed by atoms with Gasteiger partial charge >= 0.3 is 5.97 Å². The van der Waals surface area contributed by atoms with Crippen LogP contribution in [0.1, 0.15) is 64.9 Å². The number of nitrogen functional groups attached to an aromatic ring is 1. The number of carbonyl (C=O) groups is 1. The zero-order valence-electron chi connectivity index (χ0n) is 14.1. The molecule has 4 heteroatoms. The molecule has 3 atom stereocenters. The highest BCUT2D eigenvalue weighted by Gasteiger charge is 2.31. The van der Waals surface area contributed by atoms with Gasteiger partial charge in [-0.1, -0.05) is 6.92 Å². The van der Waals surface area contributed by atoms with Crippen LogP contribution in [-0.2, 0) is 9.53 Å². The van der Waals surface area contributed by atoms with E-state index in [-0.39, 0.29) is 5.97 Å². The van der Waals surface area contributed by atoms with E-state index in [1.807, 2.05) is 26.8 Å². The molecule has 1 aliphatic rings. The van der Waals surface area contributed by atoms with Gasteiger partial charge in [-0.05, 0) is 69.4 Å². The van der Waals surface area contributed by atoms with Crippen molar-refractivity contribution < 1.29 is 9.53 Å². The first-order valence-corrected chi connectivity index (χ1v) is 8.16. The van der Waals surface area contributed by atoms with E-state index in [1.54, 1.807) is 12.4 Å². The number of carbonyl (C=O) groups excluding carboxylic acids is 1. The number of rotatable bonds is 3. The topological polar surface area (TPSA) is 65.2 Å². The number of hydrogen-bond donors (Lipinski definition) is 1. The Labute approximate surface area is 133 Å². The molecule has 0 bridgehead atoms. The molecule has 1 unspecified atom stereocenters. The molecule has 0 aliphatic heterocycles. The molecule has 122 valence electrons. The lowest BCUT2D eigenvalue weighted by molar-refractivity contribution is -0.156. The fourth-order valence-electron chi connectivity index (χ4n) is 3.57. The monoisotopic (exact) mass is 304 g/mol. The predicted octanol–water partition coefficient (Wildman–Crippen LogP) is 3.92. The van der Waals surface area contributed by atoms with E-state index in [1.165, 1.54) is 5.56 Å². The third-order valence-corrected chi connectivity index (χ3v) is 4.24. The molecule has 1 fully saturated rings. The van der Waals surface area contributed by atoms with Gasteiger partial charge in [-0.2, -0.15) is 0 Å². The van der Waals surface area contributed by atoms with Crippen molar-refractivity contribution in [2.45, 2.75) is 64.9 Å². The Hall–Kier alpha value is -1.58. The van der Waals surface area contributed by atoms with Crippen LogP contribution in [0.15, 0.2) is 18.5 Å². The minimum atomic E-state index is -0.410. The van der Waals surface area contributed by atoms with Crippen LogP contribution >= 0.6 is 0 Å². The Bertz CT molecular complexity index is 522. The largest absolute Gasteiger partial charge is 0.460 e. The molecule has 0 saturated heterocycles. The molecular formula is C18H28N2O2. The second kappa shape index (κ2) is 6.67. The Balaban J connectivity index is 2.02. The van der Waals surface area contributed by atoms with Crippen molar-refractivity contribution in [2.24, 2.45) is 11.8 Å². The maximum Gasteiger partial charge on any atom is 0.306 e. The summed E-state index contributed by atoms with van der Waals surface area (Å²) in [5.41, 5.74) is 7.60. The predicted molar refractivity (Wildman–Crippen MR) is 88.4 cm³/mol. The molecule has 0 spiro atoms. The highest BCUT2D eigenvalue weighted by molar-refractivity contribution is 5.70. The summed E-state index contributed by atoms with van der Waals surface area (Å²) in [6.45, 7) is 7.99. The van der Waals surface area contributed by atoms with Gasteiger partial charge in [0.15, 0.2) is 0 Å². The third-order valence-electron chi connectivity index (χ3n) is 4.24. The van der Waals surface area contributed by atoms with Crippen molar-refractivity contribution in [1.29, 1.82) is 0 Å². The average Bonchev–Trinajstić information content (AvgIpc) is 2.35. The number of nitrogens with two attached hydrogens (primary N) is 1. The molecule has 4 nitrogen and oxygen atoms in total.